The summed E-state index contributed by atoms with van der Waals surface area (Å²) in [6.45, 7) is 3.69. The van der Waals surface area contributed by atoms with Crippen LogP contribution in [0, 0.1) is 0 Å². The zero-order valence-electron chi connectivity index (χ0n) is 8.58. The summed E-state index contributed by atoms with van der Waals surface area (Å²) < 4.78 is 1.65. The fourth-order valence-corrected chi connectivity index (χ4v) is 1.39. The van der Waals surface area contributed by atoms with Crippen molar-refractivity contribution in [2.45, 2.75) is 32.4 Å². The quantitative estimate of drug-likeness (QED) is 0.842. The van der Waals surface area contributed by atoms with E-state index < -0.39 is 16.9 Å². The van der Waals surface area contributed by atoms with Gasteiger partial charge in [-0.2, -0.15) is 0 Å². The molecule has 0 unspecified atom stereocenters. The molecule has 1 rings (SSSR count). The van der Waals surface area contributed by atoms with Crippen molar-refractivity contribution >= 4 is 15.9 Å². The first-order chi connectivity index (χ1) is 6.79. The number of halogens is 1. The van der Waals surface area contributed by atoms with E-state index >= 15 is 0 Å². The van der Waals surface area contributed by atoms with E-state index in [0.29, 0.717) is 17.4 Å². The Bertz CT molecular complexity index is 456. The molecule has 0 spiro atoms. The molecule has 1 aromatic heterocycles. The summed E-state index contributed by atoms with van der Waals surface area (Å²) in [5.74, 6) is 0. The number of H-pyrrole nitrogens is 1. The maximum atomic E-state index is 11.3. The molecule has 0 atom stereocenters. The molecule has 0 saturated heterocycles. The van der Waals surface area contributed by atoms with Gasteiger partial charge in [0.1, 0.15) is 0 Å². The van der Waals surface area contributed by atoms with Crippen LogP contribution >= 0.6 is 15.9 Å². The Morgan fingerprint density at radius 2 is 2.13 bits per heavy atom. The molecule has 0 fully saturated rings. The van der Waals surface area contributed by atoms with Gasteiger partial charge in [-0.05, 0) is 36.2 Å². The van der Waals surface area contributed by atoms with E-state index in [1.54, 1.807) is 13.8 Å². The van der Waals surface area contributed by atoms with Crippen LogP contribution in [0.1, 0.15) is 20.3 Å². The monoisotopic (exact) mass is 276 g/mol. The summed E-state index contributed by atoms with van der Waals surface area (Å²) in [6, 6.07) is 0. The lowest BCUT2D eigenvalue weighted by Crippen LogP contribution is -2.32. The first-order valence-electron chi connectivity index (χ1n) is 4.51. The zero-order valence-corrected chi connectivity index (χ0v) is 10.2. The molecule has 2 N–H and O–H groups in total. The minimum Gasteiger partial charge on any atom is -0.390 e. The number of nitrogens with zero attached hydrogens (tertiary/aromatic N) is 1. The van der Waals surface area contributed by atoms with Crippen LogP contribution in [-0.4, -0.2) is 20.3 Å². The van der Waals surface area contributed by atoms with E-state index in [0.717, 1.165) is 0 Å². The van der Waals surface area contributed by atoms with Crippen LogP contribution in [0.4, 0.5) is 0 Å². The minimum absolute atomic E-state index is 0.304. The van der Waals surface area contributed by atoms with Crippen molar-refractivity contribution in [2.24, 2.45) is 0 Å². The van der Waals surface area contributed by atoms with Crippen LogP contribution in [0.15, 0.2) is 20.3 Å². The molecule has 6 heteroatoms. The number of aliphatic hydroxyl groups is 1. The van der Waals surface area contributed by atoms with Gasteiger partial charge in [0.05, 0.1) is 10.1 Å². The average Bonchev–Trinajstić information content (AvgIpc) is 2.07. The minimum atomic E-state index is -0.831. The highest BCUT2D eigenvalue weighted by molar-refractivity contribution is 9.10. The summed E-state index contributed by atoms with van der Waals surface area (Å²) in [5, 5.41) is 9.49. The van der Waals surface area contributed by atoms with Crippen LogP contribution in [0.3, 0.4) is 0 Å². The molecule has 0 amide bonds. The lowest BCUT2D eigenvalue weighted by atomic mass is 10.1. The molecule has 0 saturated carbocycles. The maximum absolute atomic E-state index is 11.3. The first kappa shape index (κ1) is 12.2. The van der Waals surface area contributed by atoms with E-state index in [1.165, 1.54) is 10.8 Å². The van der Waals surface area contributed by atoms with E-state index in [1.807, 2.05) is 0 Å². The van der Waals surface area contributed by atoms with Gasteiger partial charge in [-0.15, -0.1) is 0 Å². The van der Waals surface area contributed by atoms with Crippen LogP contribution in [0.5, 0.6) is 0 Å². The third-order valence-electron chi connectivity index (χ3n) is 1.93. The second-order valence-electron chi connectivity index (χ2n) is 3.99. The predicted octanol–water partition coefficient (Wildman–Crippen LogP) is 0.460. The fourth-order valence-electron chi connectivity index (χ4n) is 1.04. The van der Waals surface area contributed by atoms with Crippen molar-refractivity contribution < 1.29 is 5.11 Å². The van der Waals surface area contributed by atoms with E-state index in [4.69, 9.17) is 0 Å². The Kier molecular flexibility index (Phi) is 3.51. The fraction of sp³-hybridized carbons (Fsp3) is 0.556. The van der Waals surface area contributed by atoms with Gasteiger partial charge >= 0.3 is 5.69 Å². The molecule has 0 radical (unpaired) electrons. The van der Waals surface area contributed by atoms with E-state index in [2.05, 4.69) is 20.9 Å². The van der Waals surface area contributed by atoms with E-state index in [-0.39, 0.29) is 0 Å². The van der Waals surface area contributed by atoms with Crippen LogP contribution in [0.2, 0.25) is 0 Å². The van der Waals surface area contributed by atoms with Crippen molar-refractivity contribution in [3.63, 3.8) is 0 Å². The van der Waals surface area contributed by atoms with Gasteiger partial charge in [0.2, 0.25) is 0 Å². The standard InChI is InChI=1S/C9H13BrN2O3/c1-9(2,15)3-4-12-5-6(10)7(13)11-8(12)14/h5,15H,3-4H2,1-2H3,(H,11,13,14). The van der Waals surface area contributed by atoms with Gasteiger partial charge in [-0.1, -0.05) is 0 Å². The maximum Gasteiger partial charge on any atom is 0.328 e. The molecule has 5 nitrogen and oxygen atoms in total. The molecular formula is C9H13BrN2O3. The average molecular weight is 277 g/mol. The third kappa shape index (κ3) is 3.64. The first-order valence-corrected chi connectivity index (χ1v) is 5.30. The van der Waals surface area contributed by atoms with E-state index in [9.17, 15) is 14.7 Å². The lowest BCUT2D eigenvalue weighted by Gasteiger charge is -2.17. The molecule has 84 valence electrons. The Morgan fingerprint density at radius 1 is 1.53 bits per heavy atom. The van der Waals surface area contributed by atoms with Crippen molar-refractivity contribution in [3.8, 4) is 0 Å². The highest BCUT2D eigenvalue weighted by Crippen LogP contribution is 2.08. The Morgan fingerprint density at radius 3 is 2.67 bits per heavy atom. The number of nitrogens with one attached hydrogen (secondary N) is 1. The molecule has 0 aliphatic carbocycles. The van der Waals surface area contributed by atoms with Gasteiger partial charge in [-0.3, -0.25) is 14.3 Å². The normalized spacial score (nSPS) is 11.7. The topological polar surface area (TPSA) is 75.1 Å². The summed E-state index contributed by atoms with van der Waals surface area (Å²) in [5.41, 5.74) is -1.74. The van der Waals surface area contributed by atoms with Gasteiger partial charge in [0, 0.05) is 12.7 Å². The Labute approximate surface area is 94.9 Å². The zero-order chi connectivity index (χ0) is 11.6. The second-order valence-corrected chi connectivity index (χ2v) is 4.85. The van der Waals surface area contributed by atoms with Crippen molar-refractivity contribution in [3.05, 3.63) is 31.5 Å². The number of aryl methyl sites for hydroxylation is 1. The molecule has 0 bridgehead atoms. The summed E-state index contributed by atoms with van der Waals surface area (Å²) >= 11 is 3.03. The molecule has 0 aliphatic rings. The van der Waals surface area contributed by atoms with Crippen molar-refractivity contribution in [2.75, 3.05) is 0 Å². The molecule has 1 aromatic rings. The van der Waals surface area contributed by atoms with Crippen LogP contribution < -0.4 is 11.2 Å². The van der Waals surface area contributed by atoms with Gasteiger partial charge in [-0.25, -0.2) is 4.79 Å². The van der Waals surface area contributed by atoms with Gasteiger partial charge < -0.3 is 5.11 Å². The smallest absolute Gasteiger partial charge is 0.328 e. The molecule has 15 heavy (non-hydrogen) atoms. The molecule has 1 heterocycles. The summed E-state index contributed by atoms with van der Waals surface area (Å²) in [4.78, 5) is 24.5. The van der Waals surface area contributed by atoms with Crippen molar-refractivity contribution in [1.82, 2.24) is 9.55 Å². The molecular weight excluding hydrogens is 264 g/mol. The number of hydrogen-bond donors (Lipinski definition) is 2. The van der Waals surface area contributed by atoms with Gasteiger partial charge in [0.15, 0.2) is 0 Å². The predicted molar refractivity (Wildman–Crippen MR) is 59.9 cm³/mol. The Balaban J connectivity index is 2.92. The number of aromatic nitrogens is 2. The second kappa shape index (κ2) is 4.32. The summed E-state index contributed by atoms with van der Waals surface area (Å²) in [6.07, 6.45) is 1.86. The number of aromatic amines is 1. The Hall–Kier alpha value is -0.880. The SMILES string of the molecule is CC(C)(O)CCn1cc(Br)c(=O)[nH]c1=O. The number of hydrogen-bond acceptors (Lipinski definition) is 3. The van der Waals surface area contributed by atoms with Crippen LogP contribution in [-0.2, 0) is 6.54 Å². The van der Waals surface area contributed by atoms with Crippen LogP contribution in [0.25, 0.3) is 0 Å². The molecule has 0 aromatic carbocycles. The number of rotatable bonds is 3. The molecule has 0 aliphatic heterocycles. The third-order valence-corrected chi connectivity index (χ3v) is 2.50. The highest BCUT2D eigenvalue weighted by Gasteiger charge is 2.13. The highest BCUT2D eigenvalue weighted by atomic mass is 79.9. The van der Waals surface area contributed by atoms with Crippen molar-refractivity contribution in [1.29, 1.82) is 0 Å². The largest absolute Gasteiger partial charge is 0.390 e. The summed E-state index contributed by atoms with van der Waals surface area (Å²) in [7, 11) is 0. The lowest BCUT2D eigenvalue weighted by molar-refractivity contribution is 0.0658. The van der Waals surface area contributed by atoms with Gasteiger partial charge in [0.25, 0.3) is 5.56 Å².